The van der Waals surface area contributed by atoms with Gasteiger partial charge in [0.2, 0.25) is 0 Å². The molecule has 1 aromatic carbocycles. The Morgan fingerprint density at radius 1 is 1.26 bits per heavy atom. The zero-order valence-electron chi connectivity index (χ0n) is 11.4. The average Bonchev–Trinajstić information content (AvgIpc) is 2.89. The highest BCUT2D eigenvalue weighted by Gasteiger charge is 2.31. The molecule has 0 heterocycles. The largest absolute Gasteiger partial charge is 0.279 e. The molecule has 0 spiro atoms. The van der Waals surface area contributed by atoms with Crippen LogP contribution in [-0.4, -0.2) is 17.5 Å². The maximum atomic E-state index is 5.61. The van der Waals surface area contributed by atoms with Crippen LogP contribution in [0.1, 0.15) is 42.9 Å². The van der Waals surface area contributed by atoms with E-state index < -0.39 is 0 Å². The van der Waals surface area contributed by atoms with Crippen LogP contribution in [0.15, 0.2) is 36.4 Å². The van der Waals surface area contributed by atoms with Gasteiger partial charge in [-0.3, -0.25) is 4.90 Å². The highest BCUT2D eigenvalue weighted by molar-refractivity contribution is 5.35. The van der Waals surface area contributed by atoms with Gasteiger partial charge >= 0.3 is 0 Å². The quantitative estimate of drug-likeness (QED) is 0.584. The van der Waals surface area contributed by atoms with Crippen molar-refractivity contribution in [1.29, 1.82) is 0 Å². The molecule has 1 nitrogen and oxygen atoms in total. The third kappa shape index (κ3) is 2.46. The van der Waals surface area contributed by atoms with Gasteiger partial charge in [-0.25, -0.2) is 0 Å². The number of rotatable bonds is 3. The second-order valence-electron chi connectivity index (χ2n) is 5.56. The summed E-state index contributed by atoms with van der Waals surface area (Å²) >= 11 is 0. The molecule has 0 fully saturated rings. The Bertz CT molecular complexity index is 509. The van der Waals surface area contributed by atoms with E-state index in [9.17, 15) is 0 Å². The van der Waals surface area contributed by atoms with Gasteiger partial charge in [0, 0.05) is 12.1 Å². The minimum absolute atomic E-state index is 0.514. The average molecular weight is 251 g/mol. The van der Waals surface area contributed by atoms with Gasteiger partial charge in [0.1, 0.15) is 0 Å². The number of hydrogen-bond donors (Lipinski definition) is 0. The van der Waals surface area contributed by atoms with E-state index in [0.29, 0.717) is 12.1 Å². The summed E-state index contributed by atoms with van der Waals surface area (Å²) in [4.78, 5) is 2.53. The summed E-state index contributed by atoms with van der Waals surface area (Å²) in [5.74, 6) is 2.86. The van der Waals surface area contributed by atoms with Gasteiger partial charge in [-0.05, 0) is 43.2 Å². The van der Waals surface area contributed by atoms with Crippen molar-refractivity contribution < 1.29 is 0 Å². The lowest BCUT2D eigenvalue weighted by Crippen LogP contribution is -2.37. The molecule has 2 aliphatic rings. The molecule has 0 aromatic heterocycles. The number of aryl methyl sites for hydroxylation is 1. The van der Waals surface area contributed by atoms with E-state index in [1.165, 1.54) is 43.2 Å². The van der Waals surface area contributed by atoms with Gasteiger partial charge in [0.25, 0.3) is 0 Å². The van der Waals surface area contributed by atoms with Crippen molar-refractivity contribution in [2.45, 2.75) is 44.2 Å². The Labute approximate surface area is 116 Å². The standard InChI is InChI=1S/C18H21N/c1-2-14-19(16-9-4-3-5-10-16)18-13-12-15-8-6-7-11-17(15)18/h1,4,6-9,11,16,18H,3,5,10,12-14H2. The molecule has 2 unspecified atom stereocenters. The van der Waals surface area contributed by atoms with Crippen molar-refractivity contribution in [3.63, 3.8) is 0 Å². The molecule has 1 heteroatoms. The summed E-state index contributed by atoms with van der Waals surface area (Å²) in [6, 6.07) is 9.89. The van der Waals surface area contributed by atoms with E-state index in [1.807, 2.05) is 0 Å². The number of terminal acetylenes is 1. The van der Waals surface area contributed by atoms with Crippen LogP contribution in [-0.2, 0) is 6.42 Å². The number of benzene rings is 1. The zero-order valence-corrected chi connectivity index (χ0v) is 11.4. The number of allylic oxidation sites excluding steroid dienone is 1. The van der Waals surface area contributed by atoms with E-state index in [0.717, 1.165) is 6.54 Å². The first-order valence-electron chi connectivity index (χ1n) is 7.34. The topological polar surface area (TPSA) is 3.24 Å². The Morgan fingerprint density at radius 2 is 2.16 bits per heavy atom. The molecule has 0 aliphatic heterocycles. The molecule has 1 aromatic rings. The van der Waals surface area contributed by atoms with Crippen LogP contribution in [0.5, 0.6) is 0 Å². The fraction of sp³-hybridized carbons (Fsp3) is 0.444. The minimum atomic E-state index is 0.514. The van der Waals surface area contributed by atoms with E-state index in [4.69, 9.17) is 6.42 Å². The molecular formula is C18H21N. The second kappa shape index (κ2) is 5.63. The summed E-state index contributed by atoms with van der Waals surface area (Å²) in [5, 5.41) is 0. The highest BCUT2D eigenvalue weighted by Crippen LogP contribution is 2.37. The SMILES string of the molecule is C#CCN(C1C=CCCC1)C1CCc2ccccc21. The normalized spacial score (nSPS) is 25.3. The van der Waals surface area contributed by atoms with Crippen LogP contribution < -0.4 is 0 Å². The lowest BCUT2D eigenvalue weighted by Gasteiger charge is -2.35. The molecular weight excluding hydrogens is 230 g/mol. The summed E-state index contributed by atoms with van der Waals surface area (Å²) < 4.78 is 0. The lowest BCUT2D eigenvalue weighted by atomic mass is 9.98. The highest BCUT2D eigenvalue weighted by atomic mass is 15.2. The fourth-order valence-corrected chi connectivity index (χ4v) is 3.51. The first-order valence-corrected chi connectivity index (χ1v) is 7.34. The van der Waals surface area contributed by atoms with Crippen molar-refractivity contribution in [2.24, 2.45) is 0 Å². The molecule has 3 rings (SSSR count). The van der Waals surface area contributed by atoms with Crippen molar-refractivity contribution >= 4 is 0 Å². The van der Waals surface area contributed by atoms with Crippen LogP contribution in [0, 0.1) is 12.3 Å². The van der Waals surface area contributed by atoms with Gasteiger partial charge in [0.05, 0.1) is 6.54 Å². The fourth-order valence-electron chi connectivity index (χ4n) is 3.51. The summed E-state index contributed by atoms with van der Waals surface area (Å²) in [7, 11) is 0. The third-order valence-electron chi connectivity index (χ3n) is 4.43. The van der Waals surface area contributed by atoms with Gasteiger partial charge in [-0.15, -0.1) is 6.42 Å². The molecule has 0 radical (unpaired) electrons. The van der Waals surface area contributed by atoms with Gasteiger partial charge in [-0.2, -0.15) is 0 Å². The van der Waals surface area contributed by atoms with Gasteiger partial charge in [0.15, 0.2) is 0 Å². The summed E-state index contributed by atoms with van der Waals surface area (Å²) in [6.45, 7) is 0.758. The van der Waals surface area contributed by atoms with Gasteiger partial charge < -0.3 is 0 Å². The molecule has 0 saturated carbocycles. The molecule has 0 saturated heterocycles. The number of nitrogens with zero attached hydrogens (tertiary/aromatic N) is 1. The zero-order chi connectivity index (χ0) is 13.1. The molecule has 2 atom stereocenters. The molecule has 19 heavy (non-hydrogen) atoms. The maximum absolute atomic E-state index is 5.61. The Hall–Kier alpha value is -1.52. The van der Waals surface area contributed by atoms with Crippen LogP contribution in [0.2, 0.25) is 0 Å². The molecule has 2 aliphatic carbocycles. The monoisotopic (exact) mass is 251 g/mol. The summed E-state index contributed by atoms with van der Waals surface area (Å²) in [5.41, 5.74) is 3.01. The van der Waals surface area contributed by atoms with E-state index in [1.54, 1.807) is 0 Å². The number of hydrogen-bond acceptors (Lipinski definition) is 1. The molecule has 98 valence electrons. The van der Waals surface area contributed by atoms with Crippen molar-refractivity contribution in [3.05, 3.63) is 47.5 Å². The van der Waals surface area contributed by atoms with Crippen LogP contribution in [0.25, 0.3) is 0 Å². The van der Waals surface area contributed by atoms with E-state index in [2.05, 4.69) is 47.2 Å². The Balaban J connectivity index is 1.87. The minimum Gasteiger partial charge on any atom is -0.279 e. The van der Waals surface area contributed by atoms with Crippen LogP contribution in [0.4, 0.5) is 0 Å². The van der Waals surface area contributed by atoms with Crippen LogP contribution in [0.3, 0.4) is 0 Å². The van der Waals surface area contributed by atoms with Crippen molar-refractivity contribution in [3.8, 4) is 12.3 Å². The smallest absolute Gasteiger partial charge is 0.0609 e. The first-order chi connectivity index (χ1) is 9.40. The predicted octanol–water partition coefficient (Wildman–Crippen LogP) is 3.72. The van der Waals surface area contributed by atoms with E-state index in [-0.39, 0.29) is 0 Å². The lowest BCUT2D eigenvalue weighted by molar-refractivity contribution is 0.170. The van der Waals surface area contributed by atoms with E-state index >= 15 is 0 Å². The molecule has 0 N–H and O–H groups in total. The molecule has 0 bridgehead atoms. The maximum Gasteiger partial charge on any atom is 0.0609 e. The first kappa shape index (κ1) is 12.5. The van der Waals surface area contributed by atoms with Gasteiger partial charge in [-0.1, -0.05) is 42.3 Å². The van der Waals surface area contributed by atoms with Crippen LogP contribution >= 0.6 is 0 Å². The Morgan fingerprint density at radius 3 is 2.95 bits per heavy atom. The van der Waals surface area contributed by atoms with Crippen molar-refractivity contribution in [1.82, 2.24) is 4.90 Å². The van der Waals surface area contributed by atoms with Crippen molar-refractivity contribution in [2.75, 3.05) is 6.54 Å². The Kier molecular flexibility index (Phi) is 3.71. The molecule has 0 amide bonds. The number of fused-ring (bicyclic) bond motifs is 1. The second-order valence-corrected chi connectivity index (χ2v) is 5.56. The predicted molar refractivity (Wildman–Crippen MR) is 79.8 cm³/mol. The summed E-state index contributed by atoms with van der Waals surface area (Å²) in [6.07, 6.45) is 16.5. The third-order valence-corrected chi connectivity index (χ3v) is 4.43.